The molecule has 3 aromatic carbocycles. The third-order valence-corrected chi connectivity index (χ3v) is 4.78. The highest BCUT2D eigenvalue weighted by molar-refractivity contribution is 6.32. The molecule has 0 aromatic heterocycles. The molecular weight excluding hydrogens is 400 g/mol. The van der Waals surface area contributed by atoms with Gasteiger partial charge in [0.05, 0.1) is 17.2 Å². The predicted molar refractivity (Wildman–Crippen MR) is 112 cm³/mol. The molecule has 146 valence electrons. The van der Waals surface area contributed by atoms with Crippen LogP contribution in [0.5, 0.6) is 11.5 Å². The Balaban J connectivity index is 1.71. The maximum absolute atomic E-state index is 13.3. The number of nitrogens with one attached hydrogen (secondary N) is 1. The van der Waals surface area contributed by atoms with Gasteiger partial charge in [0.25, 0.3) is 0 Å². The van der Waals surface area contributed by atoms with Gasteiger partial charge >= 0.3 is 0 Å². The largest absolute Gasteiger partial charge is 0.493 e. The minimum absolute atomic E-state index is 0.0699. The van der Waals surface area contributed by atoms with Crippen LogP contribution in [0.2, 0.25) is 10.0 Å². The average molecular weight is 420 g/mol. The molecule has 0 fully saturated rings. The Hall–Kier alpha value is -2.43. The van der Waals surface area contributed by atoms with Crippen molar-refractivity contribution in [3.8, 4) is 11.5 Å². The smallest absolute Gasteiger partial charge is 0.180 e. The van der Waals surface area contributed by atoms with Gasteiger partial charge in [0.1, 0.15) is 12.4 Å². The van der Waals surface area contributed by atoms with Crippen LogP contribution in [0.25, 0.3) is 0 Å². The van der Waals surface area contributed by atoms with E-state index in [4.69, 9.17) is 32.7 Å². The van der Waals surface area contributed by atoms with Crippen LogP contribution in [-0.4, -0.2) is 7.11 Å². The first-order valence-electron chi connectivity index (χ1n) is 8.70. The molecule has 3 nitrogen and oxygen atoms in total. The van der Waals surface area contributed by atoms with Crippen molar-refractivity contribution < 1.29 is 13.9 Å². The van der Waals surface area contributed by atoms with Crippen LogP contribution in [0.15, 0.2) is 54.6 Å². The minimum Gasteiger partial charge on any atom is -0.493 e. The lowest BCUT2D eigenvalue weighted by Gasteiger charge is -2.15. The highest BCUT2D eigenvalue weighted by Gasteiger charge is 2.13. The summed E-state index contributed by atoms with van der Waals surface area (Å²) in [6.45, 7) is 2.90. The zero-order valence-corrected chi connectivity index (χ0v) is 17.1. The quantitative estimate of drug-likeness (QED) is 0.465. The molecular formula is C22H20Cl2FNO2. The number of hydrogen-bond donors (Lipinski definition) is 1. The normalized spacial score (nSPS) is 10.6. The molecule has 0 unspecified atom stereocenters. The molecule has 0 heterocycles. The van der Waals surface area contributed by atoms with Crippen molar-refractivity contribution in [2.75, 3.05) is 12.4 Å². The topological polar surface area (TPSA) is 30.5 Å². The van der Waals surface area contributed by atoms with Gasteiger partial charge in [-0.15, -0.1) is 0 Å². The van der Waals surface area contributed by atoms with Crippen LogP contribution in [0.3, 0.4) is 0 Å². The molecule has 0 atom stereocenters. The van der Waals surface area contributed by atoms with E-state index < -0.39 is 5.82 Å². The van der Waals surface area contributed by atoms with Crippen molar-refractivity contribution in [1.29, 1.82) is 0 Å². The first kappa shape index (κ1) is 20.3. The van der Waals surface area contributed by atoms with Crippen LogP contribution in [0.4, 0.5) is 10.1 Å². The monoisotopic (exact) mass is 419 g/mol. The average Bonchev–Trinajstić information content (AvgIpc) is 2.69. The van der Waals surface area contributed by atoms with Crippen LogP contribution in [-0.2, 0) is 13.2 Å². The Kier molecular flexibility index (Phi) is 6.65. The molecule has 28 heavy (non-hydrogen) atoms. The summed E-state index contributed by atoms with van der Waals surface area (Å²) in [6.07, 6.45) is 0. The van der Waals surface area contributed by atoms with E-state index in [0.29, 0.717) is 35.4 Å². The molecule has 0 aliphatic carbocycles. The first-order chi connectivity index (χ1) is 13.5. The van der Waals surface area contributed by atoms with E-state index in [1.807, 2.05) is 43.3 Å². The van der Waals surface area contributed by atoms with E-state index in [-0.39, 0.29) is 5.02 Å². The molecule has 0 spiro atoms. The summed E-state index contributed by atoms with van der Waals surface area (Å²) in [4.78, 5) is 0. The Morgan fingerprint density at radius 3 is 2.36 bits per heavy atom. The lowest BCUT2D eigenvalue weighted by molar-refractivity contribution is 0.284. The molecule has 3 aromatic rings. The summed E-state index contributed by atoms with van der Waals surface area (Å²) in [5, 5.41) is 3.71. The summed E-state index contributed by atoms with van der Waals surface area (Å²) < 4.78 is 24.6. The number of anilines is 1. The minimum atomic E-state index is -0.452. The Labute approximate surface area is 174 Å². The number of benzene rings is 3. The van der Waals surface area contributed by atoms with Gasteiger partial charge in [-0.25, -0.2) is 4.39 Å². The molecule has 0 aliphatic heterocycles. The third kappa shape index (κ3) is 5.09. The van der Waals surface area contributed by atoms with E-state index >= 15 is 0 Å². The zero-order chi connectivity index (χ0) is 20.1. The second kappa shape index (κ2) is 9.18. The van der Waals surface area contributed by atoms with E-state index in [9.17, 15) is 4.39 Å². The summed E-state index contributed by atoms with van der Waals surface area (Å²) in [5.74, 6) is 0.596. The molecule has 1 N–H and O–H groups in total. The number of ether oxygens (including phenoxy) is 2. The molecule has 0 radical (unpaired) electrons. The standard InChI is InChI=1S/C22H20Cl2FNO2/c1-14-3-5-15(6-4-14)13-28-22-19(24)9-16(10-21(22)27-2)12-26-17-7-8-20(25)18(23)11-17/h3-11,26H,12-13H2,1-2H3. The van der Waals surface area contributed by atoms with Gasteiger partial charge in [0.2, 0.25) is 0 Å². The zero-order valence-electron chi connectivity index (χ0n) is 15.6. The molecule has 0 saturated heterocycles. The Morgan fingerprint density at radius 1 is 0.929 bits per heavy atom. The van der Waals surface area contributed by atoms with Crippen molar-refractivity contribution in [1.82, 2.24) is 0 Å². The fourth-order valence-corrected chi connectivity index (χ4v) is 3.13. The summed E-state index contributed by atoms with van der Waals surface area (Å²) in [6, 6.07) is 16.3. The maximum atomic E-state index is 13.3. The number of rotatable bonds is 7. The number of halogens is 3. The Bertz CT molecular complexity index is 961. The van der Waals surface area contributed by atoms with Gasteiger partial charge in [0.15, 0.2) is 11.5 Å². The van der Waals surface area contributed by atoms with E-state index in [2.05, 4.69) is 5.32 Å². The van der Waals surface area contributed by atoms with Crippen molar-refractivity contribution in [2.45, 2.75) is 20.1 Å². The summed E-state index contributed by atoms with van der Waals surface area (Å²) in [7, 11) is 1.57. The summed E-state index contributed by atoms with van der Waals surface area (Å²) >= 11 is 12.2. The Morgan fingerprint density at radius 2 is 1.68 bits per heavy atom. The van der Waals surface area contributed by atoms with Gasteiger partial charge in [-0.2, -0.15) is 0 Å². The third-order valence-electron chi connectivity index (χ3n) is 4.21. The van der Waals surface area contributed by atoms with Crippen LogP contribution in [0, 0.1) is 12.7 Å². The SMILES string of the molecule is COc1cc(CNc2ccc(F)c(Cl)c2)cc(Cl)c1OCc1ccc(C)cc1. The highest BCUT2D eigenvalue weighted by Crippen LogP contribution is 2.37. The molecule has 0 saturated carbocycles. The van der Waals surface area contributed by atoms with Gasteiger partial charge < -0.3 is 14.8 Å². The highest BCUT2D eigenvalue weighted by atomic mass is 35.5. The predicted octanol–water partition coefficient (Wildman–Crippen LogP) is 6.64. The van der Waals surface area contributed by atoms with Gasteiger partial charge in [0, 0.05) is 12.2 Å². The molecule has 3 rings (SSSR count). The first-order valence-corrected chi connectivity index (χ1v) is 9.45. The number of aryl methyl sites for hydroxylation is 1. The molecule has 6 heteroatoms. The van der Waals surface area contributed by atoms with Crippen molar-refractivity contribution in [3.63, 3.8) is 0 Å². The van der Waals surface area contributed by atoms with Gasteiger partial charge in [-0.3, -0.25) is 0 Å². The fraction of sp³-hybridized carbons (Fsp3) is 0.182. The van der Waals surface area contributed by atoms with Crippen molar-refractivity contribution in [2.24, 2.45) is 0 Å². The summed E-state index contributed by atoms with van der Waals surface area (Å²) in [5.41, 5.74) is 3.84. The van der Waals surface area contributed by atoms with E-state index in [1.54, 1.807) is 13.2 Å². The van der Waals surface area contributed by atoms with Crippen molar-refractivity contribution in [3.05, 3.63) is 87.2 Å². The second-order valence-electron chi connectivity index (χ2n) is 6.37. The van der Waals surface area contributed by atoms with Crippen molar-refractivity contribution >= 4 is 28.9 Å². The fourth-order valence-electron chi connectivity index (χ4n) is 2.67. The molecule has 0 aliphatic rings. The van der Waals surface area contributed by atoms with Gasteiger partial charge in [-0.05, 0) is 48.4 Å². The number of hydrogen-bond acceptors (Lipinski definition) is 3. The lowest BCUT2D eigenvalue weighted by atomic mass is 10.1. The lowest BCUT2D eigenvalue weighted by Crippen LogP contribution is -2.03. The van der Waals surface area contributed by atoms with Gasteiger partial charge in [-0.1, -0.05) is 53.0 Å². The van der Waals surface area contributed by atoms with E-state index in [0.717, 1.165) is 11.1 Å². The van der Waals surface area contributed by atoms with Crippen LogP contribution < -0.4 is 14.8 Å². The molecule has 0 amide bonds. The van der Waals surface area contributed by atoms with Crippen LogP contribution >= 0.6 is 23.2 Å². The van der Waals surface area contributed by atoms with Crippen LogP contribution in [0.1, 0.15) is 16.7 Å². The molecule has 0 bridgehead atoms. The van der Waals surface area contributed by atoms with E-state index in [1.165, 1.54) is 17.7 Å². The second-order valence-corrected chi connectivity index (χ2v) is 7.18. The maximum Gasteiger partial charge on any atom is 0.180 e. The number of methoxy groups -OCH3 is 1.